The van der Waals surface area contributed by atoms with Crippen LogP contribution in [0.4, 0.5) is 0 Å². The molecular weight excluding hydrogens is 388 g/mol. The van der Waals surface area contributed by atoms with Crippen LogP contribution in [0.3, 0.4) is 0 Å². The normalized spacial score (nSPS) is 15.8. The molecule has 8 heteroatoms. The first-order valence-corrected chi connectivity index (χ1v) is 10.7. The first-order chi connectivity index (χ1) is 14.0. The summed E-state index contributed by atoms with van der Waals surface area (Å²) in [7, 11) is 0. The lowest BCUT2D eigenvalue weighted by Crippen LogP contribution is -2.48. The van der Waals surface area contributed by atoms with Gasteiger partial charge in [-0.05, 0) is 38.0 Å². The number of carbonyl (C=O) groups excluding carboxylic acids is 1. The summed E-state index contributed by atoms with van der Waals surface area (Å²) in [5.74, 6) is 1.54. The molecule has 1 aliphatic carbocycles. The Hall–Kier alpha value is -2.74. The molecule has 0 bridgehead atoms. The Kier molecular flexibility index (Phi) is 5.62. The van der Waals surface area contributed by atoms with E-state index in [9.17, 15) is 4.79 Å². The summed E-state index contributed by atoms with van der Waals surface area (Å²) in [6.07, 6.45) is 4.79. The summed E-state index contributed by atoms with van der Waals surface area (Å²) in [4.78, 5) is 21.9. The quantitative estimate of drug-likeness (QED) is 0.649. The van der Waals surface area contributed by atoms with E-state index < -0.39 is 5.54 Å². The zero-order valence-corrected chi connectivity index (χ0v) is 17.4. The van der Waals surface area contributed by atoms with E-state index in [1.54, 1.807) is 30.4 Å². The highest BCUT2D eigenvalue weighted by atomic mass is 32.1. The summed E-state index contributed by atoms with van der Waals surface area (Å²) >= 11 is 1.59. The molecule has 1 aliphatic rings. The van der Waals surface area contributed by atoms with Gasteiger partial charge < -0.3 is 14.6 Å². The van der Waals surface area contributed by atoms with Gasteiger partial charge in [-0.1, -0.05) is 30.5 Å². The highest BCUT2D eigenvalue weighted by molar-refractivity contribution is 7.09. The zero-order chi connectivity index (χ0) is 20.3. The van der Waals surface area contributed by atoms with Crippen molar-refractivity contribution in [2.75, 3.05) is 0 Å². The van der Waals surface area contributed by atoms with Crippen molar-refractivity contribution in [1.29, 1.82) is 0 Å². The number of hydrogen-bond donors (Lipinski definition) is 1. The third-order valence-corrected chi connectivity index (χ3v) is 5.99. The molecule has 7 nitrogen and oxygen atoms in total. The second-order valence-corrected chi connectivity index (χ2v) is 8.47. The number of nitrogens with one attached hydrogen (secondary N) is 1. The summed E-state index contributed by atoms with van der Waals surface area (Å²) in [5.41, 5.74) is 0.848. The molecule has 2 aromatic heterocycles. The second-order valence-electron chi connectivity index (χ2n) is 7.41. The van der Waals surface area contributed by atoms with E-state index >= 15 is 0 Å². The van der Waals surface area contributed by atoms with Gasteiger partial charge in [-0.3, -0.25) is 4.79 Å². The monoisotopic (exact) mass is 412 g/mol. The third kappa shape index (κ3) is 4.48. The Labute approximate surface area is 173 Å². The van der Waals surface area contributed by atoms with Gasteiger partial charge in [0.05, 0.1) is 10.7 Å². The standard InChI is InChI=1S/C21H24N4O3S/c1-14-22-20(25-28-14)21(9-4-3-5-10-21)24-19(26)16-7-6-8-18(11-16)27-12-17-13-29-15(2)23-17/h6-8,11,13H,3-5,9-10,12H2,1-2H3,(H,24,26). The number of amides is 1. The minimum absolute atomic E-state index is 0.163. The Bertz CT molecular complexity index is 991. The van der Waals surface area contributed by atoms with E-state index in [-0.39, 0.29) is 5.91 Å². The topological polar surface area (TPSA) is 90.1 Å². The highest BCUT2D eigenvalue weighted by Crippen LogP contribution is 2.36. The van der Waals surface area contributed by atoms with Crippen molar-refractivity contribution in [3.05, 3.63) is 57.6 Å². The molecule has 0 radical (unpaired) electrons. The van der Waals surface area contributed by atoms with Gasteiger partial charge in [0.1, 0.15) is 17.9 Å². The molecule has 1 saturated carbocycles. The molecule has 2 heterocycles. The van der Waals surface area contributed by atoms with Gasteiger partial charge in [-0.25, -0.2) is 4.98 Å². The number of aryl methyl sites for hydroxylation is 2. The van der Waals surface area contributed by atoms with E-state index in [2.05, 4.69) is 20.4 Å². The molecule has 29 heavy (non-hydrogen) atoms. The Morgan fingerprint density at radius 3 is 2.76 bits per heavy atom. The molecule has 1 amide bonds. The number of benzene rings is 1. The first kappa shape index (κ1) is 19.6. The fraction of sp³-hybridized carbons (Fsp3) is 0.429. The van der Waals surface area contributed by atoms with Gasteiger partial charge in [0, 0.05) is 17.9 Å². The number of rotatable bonds is 6. The number of carbonyl (C=O) groups is 1. The lowest BCUT2D eigenvalue weighted by atomic mass is 9.80. The van der Waals surface area contributed by atoms with Crippen molar-refractivity contribution in [2.45, 2.75) is 58.1 Å². The molecule has 1 fully saturated rings. The van der Waals surface area contributed by atoms with Gasteiger partial charge in [-0.15, -0.1) is 11.3 Å². The molecule has 1 N–H and O–H groups in total. The van der Waals surface area contributed by atoms with Crippen LogP contribution in [0.2, 0.25) is 0 Å². The number of aromatic nitrogens is 3. The summed E-state index contributed by atoms with van der Waals surface area (Å²) < 4.78 is 11.0. The summed E-state index contributed by atoms with van der Waals surface area (Å²) in [6.45, 7) is 4.10. The molecule has 1 aromatic carbocycles. The van der Waals surface area contributed by atoms with Crippen LogP contribution in [0.25, 0.3) is 0 Å². The lowest BCUT2D eigenvalue weighted by Gasteiger charge is -2.35. The fourth-order valence-corrected chi connectivity index (χ4v) is 4.30. The number of thiazole rings is 1. The van der Waals surface area contributed by atoms with Crippen LogP contribution in [-0.4, -0.2) is 21.0 Å². The zero-order valence-electron chi connectivity index (χ0n) is 16.6. The SMILES string of the molecule is Cc1nc(C2(NC(=O)c3cccc(OCc4csc(C)n4)c3)CCCCC2)no1. The average molecular weight is 413 g/mol. The molecule has 0 spiro atoms. The molecule has 0 atom stereocenters. The van der Waals surface area contributed by atoms with Crippen molar-refractivity contribution < 1.29 is 14.1 Å². The van der Waals surface area contributed by atoms with Gasteiger partial charge in [0.25, 0.3) is 5.91 Å². The van der Waals surface area contributed by atoms with Crippen LogP contribution in [-0.2, 0) is 12.1 Å². The average Bonchev–Trinajstić information content (AvgIpc) is 3.36. The van der Waals surface area contributed by atoms with Gasteiger partial charge in [0.2, 0.25) is 5.89 Å². The van der Waals surface area contributed by atoms with Crippen molar-refractivity contribution in [3.63, 3.8) is 0 Å². The number of ether oxygens (including phenoxy) is 1. The van der Waals surface area contributed by atoms with E-state index in [0.29, 0.717) is 29.6 Å². The van der Waals surface area contributed by atoms with E-state index in [4.69, 9.17) is 9.26 Å². The van der Waals surface area contributed by atoms with Crippen LogP contribution in [0.5, 0.6) is 5.75 Å². The lowest BCUT2D eigenvalue weighted by molar-refractivity contribution is 0.0855. The Morgan fingerprint density at radius 1 is 1.24 bits per heavy atom. The van der Waals surface area contributed by atoms with Gasteiger partial charge >= 0.3 is 0 Å². The largest absolute Gasteiger partial charge is 0.487 e. The van der Waals surface area contributed by atoms with Crippen molar-refractivity contribution in [3.8, 4) is 5.75 Å². The maximum absolute atomic E-state index is 13.1. The van der Waals surface area contributed by atoms with Crippen LogP contribution in [0, 0.1) is 13.8 Å². The molecule has 0 saturated heterocycles. The number of hydrogen-bond acceptors (Lipinski definition) is 7. The Balaban J connectivity index is 1.49. The smallest absolute Gasteiger partial charge is 0.252 e. The van der Waals surface area contributed by atoms with E-state index in [1.807, 2.05) is 24.4 Å². The Morgan fingerprint density at radius 2 is 2.07 bits per heavy atom. The summed E-state index contributed by atoms with van der Waals surface area (Å²) in [6, 6.07) is 7.21. The van der Waals surface area contributed by atoms with Crippen LogP contribution in [0.15, 0.2) is 34.2 Å². The first-order valence-electron chi connectivity index (χ1n) is 9.81. The summed E-state index contributed by atoms with van der Waals surface area (Å²) in [5, 5.41) is 10.3. The van der Waals surface area contributed by atoms with Crippen LogP contribution in [0.1, 0.15) is 64.9 Å². The maximum atomic E-state index is 13.1. The minimum Gasteiger partial charge on any atom is -0.487 e. The predicted molar refractivity (Wildman–Crippen MR) is 109 cm³/mol. The maximum Gasteiger partial charge on any atom is 0.252 e. The fourth-order valence-electron chi connectivity index (χ4n) is 3.70. The van der Waals surface area contributed by atoms with Gasteiger partial charge in [0.15, 0.2) is 5.82 Å². The number of nitrogens with zero attached hydrogens (tertiary/aromatic N) is 3. The molecular formula is C21H24N4O3S. The highest BCUT2D eigenvalue weighted by Gasteiger charge is 2.39. The molecule has 0 unspecified atom stereocenters. The van der Waals surface area contributed by atoms with Crippen LogP contribution >= 0.6 is 11.3 Å². The van der Waals surface area contributed by atoms with E-state index in [0.717, 1.165) is 42.8 Å². The second kappa shape index (κ2) is 8.32. The predicted octanol–water partition coefficient (Wildman–Crippen LogP) is 4.31. The van der Waals surface area contributed by atoms with Crippen LogP contribution < -0.4 is 10.1 Å². The van der Waals surface area contributed by atoms with Crippen molar-refractivity contribution in [1.82, 2.24) is 20.4 Å². The van der Waals surface area contributed by atoms with E-state index in [1.165, 1.54) is 0 Å². The molecule has 0 aliphatic heterocycles. The molecule has 3 aromatic rings. The van der Waals surface area contributed by atoms with Crippen molar-refractivity contribution in [2.24, 2.45) is 0 Å². The molecule has 152 valence electrons. The van der Waals surface area contributed by atoms with Gasteiger partial charge in [-0.2, -0.15) is 4.98 Å². The third-order valence-electron chi connectivity index (χ3n) is 5.17. The van der Waals surface area contributed by atoms with Crippen molar-refractivity contribution >= 4 is 17.2 Å². The molecule has 4 rings (SSSR count). The minimum atomic E-state index is -0.581.